The van der Waals surface area contributed by atoms with Gasteiger partial charge in [-0.15, -0.1) is 0 Å². The molecule has 0 radical (unpaired) electrons. The highest BCUT2D eigenvalue weighted by molar-refractivity contribution is 6.33. The number of piperidine rings is 1. The summed E-state index contributed by atoms with van der Waals surface area (Å²) >= 11 is 6.19. The van der Waals surface area contributed by atoms with Crippen LogP contribution in [0.4, 0.5) is 10.5 Å². The van der Waals surface area contributed by atoms with Gasteiger partial charge in [0.1, 0.15) is 5.60 Å². The van der Waals surface area contributed by atoms with Crippen molar-refractivity contribution in [3.63, 3.8) is 0 Å². The smallest absolute Gasteiger partial charge is 0.415 e. The zero-order valence-electron chi connectivity index (χ0n) is 11.6. The molecule has 2 heterocycles. The Bertz CT molecular complexity index is 516. The van der Waals surface area contributed by atoms with Crippen molar-refractivity contribution in [2.75, 3.05) is 24.5 Å². The molecule has 20 heavy (non-hydrogen) atoms. The number of anilines is 1. The minimum Gasteiger partial charge on any atom is -0.441 e. The van der Waals surface area contributed by atoms with E-state index in [0.717, 1.165) is 31.6 Å². The Morgan fingerprint density at radius 3 is 2.75 bits per heavy atom. The molecule has 0 aromatic heterocycles. The highest BCUT2D eigenvalue weighted by Gasteiger charge is 2.47. The Hall–Kier alpha value is -1.26. The van der Waals surface area contributed by atoms with Crippen LogP contribution in [-0.2, 0) is 4.74 Å². The van der Waals surface area contributed by atoms with E-state index < -0.39 is 5.60 Å². The van der Waals surface area contributed by atoms with Crippen molar-refractivity contribution >= 4 is 23.4 Å². The summed E-state index contributed by atoms with van der Waals surface area (Å²) in [6.45, 7) is 4.59. The lowest BCUT2D eigenvalue weighted by molar-refractivity contribution is 0.00962. The number of amides is 1. The fourth-order valence-electron chi connectivity index (χ4n) is 3.16. The molecule has 0 aliphatic carbocycles. The van der Waals surface area contributed by atoms with Gasteiger partial charge in [0.2, 0.25) is 0 Å². The molecule has 1 aromatic carbocycles. The molecule has 1 unspecified atom stereocenters. The summed E-state index contributed by atoms with van der Waals surface area (Å²) in [4.78, 5) is 13.9. The first-order chi connectivity index (χ1) is 9.60. The van der Waals surface area contributed by atoms with E-state index in [1.54, 1.807) is 11.0 Å². The van der Waals surface area contributed by atoms with Crippen LogP contribution in [0.25, 0.3) is 0 Å². The molecule has 0 saturated carbocycles. The van der Waals surface area contributed by atoms with Crippen molar-refractivity contribution in [1.29, 1.82) is 0 Å². The van der Waals surface area contributed by atoms with Crippen LogP contribution in [0, 0.1) is 5.92 Å². The van der Waals surface area contributed by atoms with Crippen molar-refractivity contribution in [1.82, 2.24) is 5.32 Å². The van der Waals surface area contributed by atoms with Crippen LogP contribution in [0.5, 0.6) is 0 Å². The molecule has 1 atom stereocenters. The van der Waals surface area contributed by atoms with Crippen LogP contribution < -0.4 is 10.2 Å². The zero-order chi connectivity index (χ0) is 14.2. The van der Waals surface area contributed by atoms with Gasteiger partial charge < -0.3 is 10.1 Å². The first-order valence-corrected chi connectivity index (χ1v) is 7.44. The fraction of sp³-hybridized carbons (Fsp3) is 0.533. The second-order valence-corrected chi connectivity index (χ2v) is 6.15. The summed E-state index contributed by atoms with van der Waals surface area (Å²) in [7, 11) is 0. The summed E-state index contributed by atoms with van der Waals surface area (Å²) in [5, 5.41) is 3.93. The maximum atomic E-state index is 12.2. The number of hydrogen-bond acceptors (Lipinski definition) is 3. The SMILES string of the molecule is CC1(C2CCNCC2)CN(c2ccccc2Cl)C(=O)O1. The molecule has 1 N–H and O–H groups in total. The molecule has 2 saturated heterocycles. The number of cyclic esters (lactones) is 1. The van der Waals surface area contributed by atoms with Gasteiger partial charge in [0, 0.05) is 5.92 Å². The van der Waals surface area contributed by atoms with E-state index in [4.69, 9.17) is 16.3 Å². The topological polar surface area (TPSA) is 41.6 Å². The Kier molecular flexibility index (Phi) is 3.61. The summed E-state index contributed by atoms with van der Waals surface area (Å²) in [5.74, 6) is 0.403. The van der Waals surface area contributed by atoms with Crippen LogP contribution in [-0.4, -0.2) is 31.3 Å². The quantitative estimate of drug-likeness (QED) is 0.911. The minimum absolute atomic E-state index is 0.292. The van der Waals surface area contributed by atoms with Gasteiger partial charge in [-0.2, -0.15) is 0 Å². The lowest BCUT2D eigenvalue weighted by Crippen LogP contribution is -2.44. The summed E-state index contributed by atoms with van der Waals surface area (Å²) in [5.41, 5.74) is 0.315. The van der Waals surface area contributed by atoms with Gasteiger partial charge in [0.15, 0.2) is 0 Å². The van der Waals surface area contributed by atoms with Gasteiger partial charge in [-0.1, -0.05) is 23.7 Å². The number of benzene rings is 1. The standard InChI is InChI=1S/C15H19ClN2O2/c1-15(11-6-8-17-9-7-11)10-18(14(19)20-15)13-5-3-2-4-12(13)16/h2-5,11,17H,6-10H2,1H3. The third kappa shape index (κ3) is 2.38. The molecule has 0 bridgehead atoms. The van der Waals surface area contributed by atoms with Crippen molar-refractivity contribution in [2.24, 2.45) is 5.92 Å². The van der Waals surface area contributed by atoms with E-state index in [1.165, 1.54) is 0 Å². The summed E-state index contributed by atoms with van der Waals surface area (Å²) < 4.78 is 5.71. The summed E-state index contributed by atoms with van der Waals surface area (Å²) in [6.07, 6.45) is 1.79. The van der Waals surface area contributed by atoms with Gasteiger partial charge in [0.25, 0.3) is 0 Å². The van der Waals surface area contributed by atoms with Crippen LogP contribution in [0.15, 0.2) is 24.3 Å². The Morgan fingerprint density at radius 1 is 1.35 bits per heavy atom. The van der Waals surface area contributed by atoms with Crippen molar-refractivity contribution in [3.8, 4) is 0 Å². The van der Waals surface area contributed by atoms with Crippen molar-refractivity contribution < 1.29 is 9.53 Å². The van der Waals surface area contributed by atoms with Gasteiger partial charge in [-0.25, -0.2) is 4.79 Å². The molecule has 4 nitrogen and oxygen atoms in total. The van der Waals surface area contributed by atoms with Crippen LogP contribution in [0.1, 0.15) is 19.8 Å². The zero-order valence-corrected chi connectivity index (χ0v) is 12.3. The number of para-hydroxylation sites is 1. The first kappa shape index (κ1) is 13.7. The normalized spacial score (nSPS) is 27.7. The second kappa shape index (κ2) is 5.26. The number of hydrogen-bond donors (Lipinski definition) is 1. The van der Waals surface area contributed by atoms with E-state index in [9.17, 15) is 4.79 Å². The molecule has 5 heteroatoms. The number of nitrogens with one attached hydrogen (secondary N) is 1. The Morgan fingerprint density at radius 2 is 2.05 bits per heavy atom. The van der Waals surface area contributed by atoms with E-state index >= 15 is 0 Å². The maximum absolute atomic E-state index is 12.2. The lowest BCUT2D eigenvalue weighted by atomic mass is 9.82. The Balaban J connectivity index is 1.83. The number of ether oxygens (including phenoxy) is 1. The molecule has 1 amide bonds. The molecule has 1 aromatic rings. The molecular weight excluding hydrogens is 276 g/mol. The minimum atomic E-state index is -0.418. The van der Waals surface area contributed by atoms with Crippen molar-refractivity contribution in [2.45, 2.75) is 25.4 Å². The van der Waals surface area contributed by atoms with Crippen LogP contribution in [0.2, 0.25) is 5.02 Å². The monoisotopic (exact) mass is 294 g/mol. The van der Waals surface area contributed by atoms with Crippen molar-refractivity contribution in [3.05, 3.63) is 29.3 Å². The largest absolute Gasteiger partial charge is 0.441 e. The third-order valence-corrected chi connectivity index (χ3v) is 4.68. The average molecular weight is 295 g/mol. The number of rotatable bonds is 2. The average Bonchev–Trinajstić information content (AvgIpc) is 2.77. The predicted molar refractivity (Wildman–Crippen MR) is 79.3 cm³/mol. The van der Waals surface area contributed by atoms with Gasteiger partial charge >= 0.3 is 6.09 Å². The van der Waals surface area contributed by atoms with Crippen LogP contribution >= 0.6 is 11.6 Å². The predicted octanol–water partition coefficient (Wildman–Crippen LogP) is 3.05. The molecule has 2 aliphatic rings. The molecule has 3 rings (SSSR count). The molecular formula is C15H19ClN2O2. The highest BCUT2D eigenvalue weighted by atomic mass is 35.5. The van der Waals surface area contributed by atoms with E-state index in [-0.39, 0.29) is 6.09 Å². The molecule has 0 spiro atoms. The Labute approximate surface area is 124 Å². The second-order valence-electron chi connectivity index (χ2n) is 5.74. The van der Waals surface area contributed by atoms with E-state index in [0.29, 0.717) is 17.5 Å². The van der Waals surface area contributed by atoms with Gasteiger partial charge in [0.05, 0.1) is 17.3 Å². The number of halogens is 1. The molecule has 108 valence electrons. The van der Waals surface area contributed by atoms with E-state index in [1.807, 2.05) is 25.1 Å². The molecule has 2 fully saturated rings. The molecule has 2 aliphatic heterocycles. The third-order valence-electron chi connectivity index (χ3n) is 4.36. The van der Waals surface area contributed by atoms with Gasteiger partial charge in [-0.05, 0) is 45.0 Å². The van der Waals surface area contributed by atoms with Crippen LogP contribution in [0.3, 0.4) is 0 Å². The lowest BCUT2D eigenvalue weighted by Gasteiger charge is -2.34. The number of nitrogens with zero attached hydrogens (tertiary/aromatic N) is 1. The highest BCUT2D eigenvalue weighted by Crippen LogP contribution is 2.38. The number of carbonyl (C=O) groups is 1. The first-order valence-electron chi connectivity index (χ1n) is 7.06. The van der Waals surface area contributed by atoms with E-state index in [2.05, 4.69) is 5.32 Å². The van der Waals surface area contributed by atoms with Gasteiger partial charge in [-0.3, -0.25) is 4.90 Å². The summed E-state index contributed by atoms with van der Waals surface area (Å²) in [6, 6.07) is 7.40. The fourth-order valence-corrected chi connectivity index (χ4v) is 3.40. The maximum Gasteiger partial charge on any atom is 0.415 e. The number of carbonyl (C=O) groups excluding carboxylic acids is 1.